The lowest BCUT2D eigenvalue weighted by Crippen LogP contribution is -2.20. The summed E-state index contributed by atoms with van der Waals surface area (Å²) in [7, 11) is 0. The van der Waals surface area contributed by atoms with E-state index in [0.717, 1.165) is 47.4 Å². The highest BCUT2D eigenvalue weighted by atomic mass is 35.5. The molecular weight excluding hydrogens is 457 g/mol. The molecule has 33 heavy (non-hydrogen) atoms. The number of urea groups is 1. The van der Waals surface area contributed by atoms with Crippen LogP contribution < -0.4 is 10.6 Å². The highest BCUT2D eigenvalue weighted by Gasteiger charge is 2.17. The quantitative estimate of drug-likeness (QED) is 0.296. The molecule has 0 saturated carbocycles. The number of benzene rings is 2. The van der Waals surface area contributed by atoms with Crippen LogP contribution in [0.1, 0.15) is 36.7 Å². The average molecular weight is 482 g/mol. The molecule has 0 bridgehead atoms. The van der Waals surface area contributed by atoms with Crippen LogP contribution in [0.5, 0.6) is 0 Å². The first-order valence-electron chi connectivity index (χ1n) is 10.9. The first-order valence-corrected chi connectivity index (χ1v) is 11.6. The van der Waals surface area contributed by atoms with Crippen LogP contribution in [-0.4, -0.2) is 20.6 Å². The van der Waals surface area contributed by atoms with Crippen molar-refractivity contribution in [2.75, 3.05) is 10.6 Å². The van der Waals surface area contributed by atoms with E-state index in [-0.39, 0.29) is 6.03 Å². The summed E-state index contributed by atoms with van der Waals surface area (Å²) in [5, 5.41) is 7.01. The molecule has 0 spiro atoms. The molecule has 4 rings (SSSR count). The number of anilines is 2. The number of amides is 2. The maximum atomic E-state index is 12.5. The lowest BCUT2D eigenvalue weighted by atomic mass is 10.2. The van der Waals surface area contributed by atoms with Crippen LogP contribution in [0.4, 0.5) is 16.2 Å². The number of carbonyl (C=O) groups is 1. The summed E-state index contributed by atoms with van der Waals surface area (Å²) in [4.78, 5) is 22.1. The van der Waals surface area contributed by atoms with Crippen molar-refractivity contribution < 1.29 is 4.79 Å². The highest BCUT2D eigenvalue weighted by molar-refractivity contribution is 6.30. The second-order valence-corrected chi connectivity index (χ2v) is 8.77. The number of rotatable bonds is 7. The number of unbranched alkanes of at least 4 members (excludes halogenated alkanes) is 1. The van der Waals surface area contributed by atoms with Gasteiger partial charge in [-0.2, -0.15) is 0 Å². The number of aryl methyl sites for hydroxylation is 2. The number of imidazole rings is 1. The Morgan fingerprint density at radius 3 is 2.33 bits per heavy atom. The number of nitrogens with zero attached hydrogens (tertiary/aromatic N) is 3. The first-order chi connectivity index (χ1) is 15.9. The van der Waals surface area contributed by atoms with Gasteiger partial charge in [-0.25, -0.2) is 14.8 Å². The van der Waals surface area contributed by atoms with E-state index >= 15 is 0 Å². The fourth-order valence-corrected chi connectivity index (χ4v) is 3.88. The summed E-state index contributed by atoms with van der Waals surface area (Å²) < 4.78 is 2.15. The molecule has 2 aromatic heterocycles. The van der Waals surface area contributed by atoms with Gasteiger partial charge in [0.05, 0.1) is 18.4 Å². The third kappa shape index (κ3) is 5.46. The number of halogens is 2. The van der Waals surface area contributed by atoms with Crippen LogP contribution in [0.2, 0.25) is 10.0 Å². The second kappa shape index (κ2) is 10.2. The molecule has 8 heteroatoms. The Kier molecular flexibility index (Phi) is 7.16. The van der Waals surface area contributed by atoms with Crippen LogP contribution in [0, 0.1) is 6.92 Å². The van der Waals surface area contributed by atoms with Crippen LogP contribution in [-0.2, 0) is 13.0 Å². The van der Waals surface area contributed by atoms with E-state index in [4.69, 9.17) is 28.2 Å². The number of carbonyl (C=O) groups excluding carboxylic acids is 1. The highest BCUT2D eigenvalue weighted by Crippen LogP contribution is 2.26. The largest absolute Gasteiger partial charge is 0.323 e. The first kappa shape index (κ1) is 23.1. The van der Waals surface area contributed by atoms with Gasteiger partial charge in [0.1, 0.15) is 11.3 Å². The average Bonchev–Trinajstić information content (AvgIpc) is 3.15. The number of hydrogen-bond donors (Lipinski definition) is 2. The van der Waals surface area contributed by atoms with Gasteiger partial charge in [-0.15, -0.1) is 0 Å². The molecule has 2 aromatic carbocycles. The minimum absolute atomic E-state index is 0.353. The summed E-state index contributed by atoms with van der Waals surface area (Å²) in [6.45, 7) is 4.77. The molecule has 2 heterocycles. The van der Waals surface area contributed by atoms with E-state index in [9.17, 15) is 4.79 Å². The van der Waals surface area contributed by atoms with Crippen molar-refractivity contribution in [2.45, 2.75) is 39.7 Å². The van der Waals surface area contributed by atoms with Crippen molar-refractivity contribution in [1.29, 1.82) is 0 Å². The molecule has 0 saturated heterocycles. The van der Waals surface area contributed by atoms with Crippen molar-refractivity contribution >= 4 is 51.8 Å². The van der Waals surface area contributed by atoms with Gasteiger partial charge in [0.15, 0.2) is 5.65 Å². The number of nitrogens with one attached hydrogen (secondary N) is 2. The van der Waals surface area contributed by atoms with Gasteiger partial charge in [0.2, 0.25) is 0 Å². The normalized spacial score (nSPS) is 11.0. The SMILES string of the molecule is CCCCc1nc2c(C)c(NC(=O)Nc3ccc(Cl)cc3)cnc2n1Cc1ccc(Cl)cc1. The smallest absolute Gasteiger partial charge is 0.308 e. The topological polar surface area (TPSA) is 71.8 Å². The lowest BCUT2D eigenvalue weighted by Gasteiger charge is -2.11. The third-order valence-corrected chi connectivity index (χ3v) is 5.96. The minimum Gasteiger partial charge on any atom is -0.308 e. The van der Waals surface area contributed by atoms with Crippen molar-refractivity contribution in [1.82, 2.24) is 14.5 Å². The van der Waals surface area contributed by atoms with Crippen LogP contribution in [0.25, 0.3) is 11.2 Å². The maximum absolute atomic E-state index is 12.5. The lowest BCUT2D eigenvalue weighted by molar-refractivity contribution is 0.262. The number of pyridine rings is 1. The number of aromatic nitrogens is 3. The Morgan fingerprint density at radius 2 is 1.67 bits per heavy atom. The van der Waals surface area contributed by atoms with Crippen molar-refractivity contribution in [2.24, 2.45) is 0 Å². The molecular formula is C25H25Cl2N5O. The molecule has 170 valence electrons. The molecule has 0 aliphatic rings. The molecule has 6 nitrogen and oxygen atoms in total. The fraction of sp³-hybridized carbons (Fsp3) is 0.240. The van der Waals surface area contributed by atoms with E-state index in [0.29, 0.717) is 28.0 Å². The molecule has 0 atom stereocenters. The molecule has 0 aliphatic heterocycles. The van der Waals surface area contributed by atoms with Gasteiger partial charge >= 0.3 is 6.03 Å². The Balaban J connectivity index is 1.62. The van der Waals surface area contributed by atoms with E-state index in [2.05, 4.69) is 27.1 Å². The van der Waals surface area contributed by atoms with Crippen LogP contribution >= 0.6 is 23.2 Å². The Labute approximate surface area is 203 Å². The van der Waals surface area contributed by atoms with E-state index in [1.165, 1.54) is 0 Å². The van der Waals surface area contributed by atoms with Gasteiger partial charge < -0.3 is 15.2 Å². The van der Waals surface area contributed by atoms with Crippen molar-refractivity contribution in [3.63, 3.8) is 0 Å². The van der Waals surface area contributed by atoms with E-state index in [1.54, 1.807) is 30.5 Å². The molecule has 0 aliphatic carbocycles. The predicted octanol–water partition coefficient (Wildman–Crippen LogP) is 7.08. The third-order valence-electron chi connectivity index (χ3n) is 5.45. The second-order valence-electron chi connectivity index (χ2n) is 7.90. The summed E-state index contributed by atoms with van der Waals surface area (Å²) in [5.74, 6) is 0.986. The standard InChI is InChI=1S/C25H25Cl2N5O/c1-3-4-5-22-31-23-16(2)21(30-25(33)29-20-12-10-19(27)11-13-20)14-28-24(23)32(22)15-17-6-8-18(26)9-7-17/h6-14H,3-5,15H2,1-2H3,(H2,29,30,33). The Bertz CT molecular complexity index is 1270. The zero-order valence-corrected chi connectivity index (χ0v) is 20.0. The summed E-state index contributed by atoms with van der Waals surface area (Å²) in [5.41, 5.74) is 4.86. The molecule has 0 unspecified atom stereocenters. The summed E-state index contributed by atoms with van der Waals surface area (Å²) in [6.07, 6.45) is 4.66. The monoisotopic (exact) mass is 481 g/mol. The molecule has 0 fully saturated rings. The molecule has 0 radical (unpaired) electrons. The van der Waals surface area contributed by atoms with Gasteiger partial charge in [-0.1, -0.05) is 48.7 Å². The molecule has 2 amide bonds. The van der Waals surface area contributed by atoms with Crippen LogP contribution in [0.3, 0.4) is 0 Å². The van der Waals surface area contributed by atoms with Crippen molar-refractivity contribution in [3.05, 3.63) is 81.7 Å². The van der Waals surface area contributed by atoms with Gasteiger partial charge in [-0.05, 0) is 55.3 Å². The number of fused-ring (bicyclic) bond motifs is 1. The maximum Gasteiger partial charge on any atom is 0.323 e. The molecule has 4 aromatic rings. The van der Waals surface area contributed by atoms with Gasteiger partial charge in [-0.3, -0.25) is 0 Å². The van der Waals surface area contributed by atoms with Crippen molar-refractivity contribution in [3.8, 4) is 0 Å². The predicted molar refractivity (Wildman–Crippen MR) is 136 cm³/mol. The summed E-state index contributed by atoms with van der Waals surface area (Å²) in [6, 6.07) is 14.4. The zero-order chi connectivity index (χ0) is 23.4. The fourth-order valence-electron chi connectivity index (χ4n) is 3.63. The Hall–Kier alpha value is -3.09. The Morgan fingerprint density at radius 1 is 1.00 bits per heavy atom. The van der Waals surface area contributed by atoms with E-state index in [1.807, 2.05) is 31.2 Å². The summed E-state index contributed by atoms with van der Waals surface area (Å²) >= 11 is 12.0. The van der Waals surface area contributed by atoms with Gasteiger partial charge in [0.25, 0.3) is 0 Å². The van der Waals surface area contributed by atoms with E-state index < -0.39 is 0 Å². The minimum atomic E-state index is -0.353. The van der Waals surface area contributed by atoms with Gasteiger partial charge in [0, 0.05) is 27.7 Å². The number of hydrogen-bond acceptors (Lipinski definition) is 3. The zero-order valence-electron chi connectivity index (χ0n) is 18.5. The molecule has 2 N–H and O–H groups in total. The van der Waals surface area contributed by atoms with Crippen LogP contribution in [0.15, 0.2) is 54.7 Å².